The van der Waals surface area contributed by atoms with Crippen LogP contribution in [-0.4, -0.2) is 61.7 Å². The second-order valence-corrected chi connectivity index (χ2v) is 15.1. The lowest BCUT2D eigenvalue weighted by molar-refractivity contribution is -0.134. The van der Waals surface area contributed by atoms with Crippen molar-refractivity contribution in [2.24, 2.45) is 11.8 Å². The SMILES string of the molecule is Cc1ccc(-c2cn(CC3CCC3)cc(C(=O)Nc3ccc(-c4ncc(-c5ccc(O[C@@H]6CCN(CC7CC(O)C7)C6=O)cc5)cc4N)c(F)c3)c2=O)nc1. The number of nitrogens with one attached hydrogen (secondary N) is 1. The number of likely N-dealkylation sites (tertiary alicyclic amines) is 1. The number of rotatable bonds is 11. The molecule has 4 N–H and O–H groups in total. The molecule has 2 amide bonds. The van der Waals surface area contributed by atoms with Crippen LogP contribution in [0.4, 0.5) is 15.8 Å². The Kier molecular flexibility index (Phi) is 9.91. The monoisotopic (exact) mass is 742 g/mol. The third kappa shape index (κ3) is 7.72. The standard InChI is InChI=1S/C43H43FN6O5/c1-25-5-12-38(46-19-25)34-23-49(21-26-3-2-4-26)24-35(41(34)52)42(53)48-30-8-11-33(36(44)18-30)40-37(45)17-29(20-47-40)28-6-9-32(10-7-28)55-39-13-14-50(43(39)54)22-27-15-31(51)16-27/h5-12,17-20,23-24,26-27,31,39,51H,2-4,13-16,21-22,45H2,1H3,(H,48,53)/t27?,31?,39-/m1/s1. The first-order chi connectivity index (χ1) is 26.6. The van der Waals surface area contributed by atoms with Crippen LogP contribution >= 0.6 is 0 Å². The van der Waals surface area contributed by atoms with Crippen molar-refractivity contribution in [3.8, 4) is 39.4 Å². The topological polar surface area (TPSA) is 153 Å². The molecule has 0 unspecified atom stereocenters. The van der Waals surface area contributed by atoms with Gasteiger partial charge in [-0.05, 0) is 98.0 Å². The molecule has 1 atom stereocenters. The Morgan fingerprint density at radius 3 is 2.40 bits per heavy atom. The normalized spacial score (nSPS) is 19.5. The highest BCUT2D eigenvalue weighted by molar-refractivity contribution is 6.04. The number of aliphatic hydroxyl groups is 1. The van der Waals surface area contributed by atoms with Crippen LogP contribution in [-0.2, 0) is 11.3 Å². The number of aromatic nitrogens is 3. The average Bonchev–Trinajstić information content (AvgIpc) is 3.48. The summed E-state index contributed by atoms with van der Waals surface area (Å²) in [6, 6.07) is 16.9. The second kappa shape index (κ2) is 15.1. The highest BCUT2D eigenvalue weighted by atomic mass is 19.1. The van der Waals surface area contributed by atoms with Crippen LogP contribution in [0.2, 0.25) is 0 Å². The van der Waals surface area contributed by atoms with E-state index in [0.717, 1.165) is 36.8 Å². The van der Waals surface area contributed by atoms with Crippen molar-refractivity contribution >= 4 is 23.2 Å². The number of amides is 2. The van der Waals surface area contributed by atoms with E-state index in [1.807, 2.05) is 34.6 Å². The van der Waals surface area contributed by atoms with Crippen LogP contribution < -0.4 is 21.2 Å². The zero-order chi connectivity index (χ0) is 38.2. The minimum atomic E-state index is -0.644. The van der Waals surface area contributed by atoms with Gasteiger partial charge in [-0.1, -0.05) is 24.6 Å². The molecule has 8 rings (SSSR count). The van der Waals surface area contributed by atoms with Crippen molar-refractivity contribution in [2.75, 3.05) is 24.1 Å². The fourth-order valence-corrected chi connectivity index (χ4v) is 7.58. The molecule has 3 fully saturated rings. The van der Waals surface area contributed by atoms with E-state index in [0.29, 0.717) is 60.5 Å². The summed E-state index contributed by atoms with van der Waals surface area (Å²) in [5.41, 5.74) is 10.0. The molecular formula is C43H43FN6O5. The molecule has 2 aromatic carbocycles. The Hall–Kier alpha value is -5.88. The molecule has 3 aliphatic rings. The van der Waals surface area contributed by atoms with Gasteiger partial charge in [-0.2, -0.15) is 0 Å². The van der Waals surface area contributed by atoms with Gasteiger partial charge in [0.25, 0.3) is 11.8 Å². The molecule has 11 nitrogen and oxygen atoms in total. The lowest BCUT2D eigenvalue weighted by atomic mass is 9.82. The largest absolute Gasteiger partial charge is 0.481 e. The predicted octanol–water partition coefficient (Wildman–Crippen LogP) is 6.47. The predicted molar refractivity (Wildman–Crippen MR) is 208 cm³/mol. The fourth-order valence-electron chi connectivity index (χ4n) is 7.58. The lowest BCUT2D eigenvalue weighted by Crippen LogP contribution is -2.41. The fraction of sp³-hybridized carbons (Fsp3) is 0.326. The van der Waals surface area contributed by atoms with Crippen molar-refractivity contribution in [3.05, 3.63) is 113 Å². The molecular weight excluding hydrogens is 700 g/mol. The minimum Gasteiger partial charge on any atom is -0.481 e. The van der Waals surface area contributed by atoms with E-state index in [1.165, 1.54) is 18.6 Å². The van der Waals surface area contributed by atoms with E-state index < -0.39 is 23.3 Å². The van der Waals surface area contributed by atoms with E-state index >= 15 is 4.39 Å². The summed E-state index contributed by atoms with van der Waals surface area (Å²) >= 11 is 0. The van der Waals surface area contributed by atoms with E-state index in [4.69, 9.17) is 10.5 Å². The number of ether oxygens (including phenoxy) is 1. The molecule has 5 aromatic rings. The Labute approximate surface area is 318 Å². The number of anilines is 2. The molecule has 0 spiro atoms. The number of halogens is 1. The Morgan fingerprint density at radius 1 is 0.927 bits per heavy atom. The van der Waals surface area contributed by atoms with Crippen LogP contribution in [0.5, 0.6) is 5.75 Å². The van der Waals surface area contributed by atoms with Crippen molar-refractivity contribution in [2.45, 2.75) is 64.2 Å². The summed E-state index contributed by atoms with van der Waals surface area (Å²) in [5, 5.41) is 12.3. The van der Waals surface area contributed by atoms with Crippen LogP contribution in [0.15, 0.2) is 90.2 Å². The Balaban J connectivity index is 0.942. The Bertz CT molecular complexity index is 2300. The number of carbonyl (C=O) groups is 2. The van der Waals surface area contributed by atoms with Gasteiger partial charge in [0.2, 0.25) is 5.43 Å². The summed E-state index contributed by atoms with van der Waals surface area (Å²) in [7, 11) is 0. The molecule has 1 aliphatic heterocycles. The lowest BCUT2D eigenvalue weighted by Gasteiger charge is -2.34. The molecule has 1 saturated heterocycles. The number of pyridine rings is 3. The van der Waals surface area contributed by atoms with Gasteiger partial charge in [-0.3, -0.25) is 24.4 Å². The highest BCUT2D eigenvalue weighted by Gasteiger charge is 2.37. The van der Waals surface area contributed by atoms with Gasteiger partial charge >= 0.3 is 0 Å². The number of nitrogen functional groups attached to an aromatic ring is 1. The van der Waals surface area contributed by atoms with E-state index in [9.17, 15) is 19.5 Å². The zero-order valence-electron chi connectivity index (χ0n) is 30.6. The number of carbonyl (C=O) groups excluding carboxylic acids is 2. The van der Waals surface area contributed by atoms with Crippen LogP contribution in [0, 0.1) is 24.6 Å². The summed E-state index contributed by atoms with van der Waals surface area (Å²) in [4.78, 5) is 50.8. The summed E-state index contributed by atoms with van der Waals surface area (Å²) < 4.78 is 23.5. The molecule has 0 bridgehead atoms. The molecule has 4 heterocycles. The zero-order valence-corrected chi connectivity index (χ0v) is 30.6. The third-order valence-corrected chi connectivity index (χ3v) is 11.0. The highest BCUT2D eigenvalue weighted by Crippen LogP contribution is 2.34. The van der Waals surface area contributed by atoms with E-state index in [2.05, 4.69) is 15.3 Å². The van der Waals surface area contributed by atoms with Gasteiger partial charge in [-0.25, -0.2) is 4.39 Å². The molecule has 2 aliphatic carbocycles. The van der Waals surface area contributed by atoms with Crippen molar-refractivity contribution in [1.29, 1.82) is 0 Å². The minimum absolute atomic E-state index is 0.0224. The molecule has 2 saturated carbocycles. The van der Waals surface area contributed by atoms with E-state index in [-0.39, 0.29) is 40.2 Å². The van der Waals surface area contributed by atoms with Crippen molar-refractivity contribution in [3.63, 3.8) is 0 Å². The average molecular weight is 743 g/mol. The number of hydrogen-bond acceptors (Lipinski definition) is 8. The van der Waals surface area contributed by atoms with Crippen LogP contribution in [0.25, 0.3) is 33.6 Å². The number of nitrogens with zero attached hydrogens (tertiary/aromatic N) is 4. The van der Waals surface area contributed by atoms with Gasteiger partial charge in [0.1, 0.15) is 17.1 Å². The van der Waals surface area contributed by atoms with Crippen molar-refractivity contribution < 1.29 is 23.8 Å². The van der Waals surface area contributed by atoms with Crippen LogP contribution in [0.1, 0.15) is 54.4 Å². The molecule has 55 heavy (non-hydrogen) atoms. The maximum Gasteiger partial charge on any atom is 0.263 e. The van der Waals surface area contributed by atoms with Gasteiger partial charge < -0.3 is 30.4 Å². The number of nitrogens with two attached hydrogens (primary N) is 1. The van der Waals surface area contributed by atoms with Gasteiger partial charge in [-0.15, -0.1) is 0 Å². The van der Waals surface area contributed by atoms with Gasteiger partial charge in [0.15, 0.2) is 6.10 Å². The maximum atomic E-state index is 15.6. The molecule has 0 radical (unpaired) electrons. The second-order valence-electron chi connectivity index (χ2n) is 15.1. The number of aryl methyl sites for hydroxylation is 1. The number of hydrogen-bond donors (Lipinski definition) is 3. The van der Waals surface area contributed by atoms with E-state index in [1.54, 1.807) is 55.1 Å². The van der Waals surface area contributed by atoms with Gasteiger partial charge in [0, 0.05) is 67.7 Å². The number of benzene rings is 2. The molecule has 12 heteroatoms. The third-order valence-electron chi connectivity index (χ3n) is 11.0. The summed E-state index contributed by atoms with van der Waals surface area (Å²) in [5.74, 6) is 0.102. The Morgan fingerprint density at radius 2 is 1.73 bits per heavy atom. The number of aliphatic hydroxyl groups excluding tert-OH is 1. The van der Waals surface area contributed by atoms with Crippen molar-refractivity contribution in [1.82, 2.24) is 19.4 Å². The first-order valence-corrected chi connectivity index (χ1v) is 18.9. The smallest absolute Gasteiger partial charge is 0.263 e. The van der Waals surface area contributed by atoms with Gasteiger partial charge in [0.05, 0.1) is 28.7 Å². The maximum absolute atomic E-state index is 15.6. The first-order valence-electron chi connectivity index (χ1n) is 18.9. The van der Waals surface area contributed by atoms with Crippen LogP contribution in [0.3, 0.4) is 0 Å². The molecule has 282 valence electrons. The summed E-state index contributed by atoms with van der Waals surface area (Å²) in [6.45, 7) is 3.91. The summed E-state index contributed by atoms with van der Waals surface area (Å²) in [6.07, 6.45) is 11.3. The first kappa shape index (κ1) is 36.1. The quantitative estimate of drug-likeness (QED) is 0.139. The molecule has 3 aromatic heterocycles.